The second-order valence-electron chi connectivity index (χ2n) is 3.62. The van der Waals surface area contributed by atoms with E-state index in [1.807, 2.05) is 0 Å². The summed E-state index contributed by atoms with van der Waals surface area (Å²) in [7, 11) is 0. The molecule has 2 heterocycles. The average Bonchev–Trinajstić information content (AvgIpc) is 2.27. The van der Waals surface area contributed by atoms with Gasteiger partial charge in [0.15, 0.2) is 0 Å². The zero-order chi connectivity index (χ0) is 12.6. The molecule has 1 atom stereocenters. The van der Waals surface area contributed by atoms with Gasteiger partial charge in [0.25, 0.3) is 0 Å². The number of hydrogen-bond donors (Lipinski definition) is 1. The first-order chi connectivity index (χ1) is 7.89. The Morgan fingerprint density at radius 1 is 1.29 bits per heavy atom. The van der Waals surface area contributed by atoms with Crippen LogP contribution in [-0.2, 0) is 0 Å². The Labute approximate surface area is 94.7 Å². The molecule has 7 heteroatoms. The first-order valence-corrected chi connectivity index (χ1v) is 4.83. The van der Waals surface area contributed by atoms with E-state index in [1.165, 1.54) is 12.4 Å². The minimum Gasteiger partial charge on any atom is -0.383 e. The van der Waals surface area contributed by atoms with E-state index in [0.29, 0.717) is 10.9 Å². The maximum absolute atomic E-state index is 12.5. The van der Waals surface area contributed by atoms with E-state index >= 15 is 0 Å². The number of nitrogen functional groups attached to an aromatic ring is 1. The average molecular weight is 242 g/mol. The summed E-state index contributed by atoms with van der Waals surface area (Å²) in [5, 5.41) is 0.498. The quantitative estimate of drug-likeness (QED) is 0.833. The number of nitrogens with two attached hydrogens (primary N) is 1. The van der Waals surface area contributed by atoms with Crippen molar-refractivity contribution in [3.63, 3.8) is 0 Å². The van der Waals surface area contributed by atoms with Crippen LogP contribution in [0.25, 0.3) is 10.9 Å². The first kappa shape index (κ1) is 11.6. The summed E-state index contributed by atoms with van der Waals surface area (Å²) in [5.74, 6) is -2.06. The van der Waals surface area contributed by atoms with E-state index in [9.17, 15) is 13.2 Å². The SMILES string of the molecule is CC(c1nc(N)c2ccncc2n1)C(F)(F)F. The van der Waals surface area contributed by atoms with Crippen LogP contribution in [0.5, 0.6) is 0 Å². The minimum absolute atomic E-state index is 0.0310. The zero-order valence-corrected chi connectivity index (χ0v) is 8.86. The van der Waals surface area contributed by atoms with Crippen LogP contribution in [0.15, 0.2) is 18.5 Å². The van der Waals surface area contributed by atoms with Crippen LogP contribution in [0.3, 0.4) is 0 Å². The van der Waals surface area contributed by atoms with Gasteiger partial charge in [0.1, 0.15) is 17.6 Å². The Balaban J connectivity index is 2.58. The molecule has 0 aliphatic heterocycles. The lowest BCUT2D eigenvalue weighted by Gasteiger charge is -2.14. The van der Waals surface area contributed by atoms with Crippen molar-refractivity contribution in [2.75, 3.05) is 5.73 Å². The minimum atomic E-state index is -4.39. The van der Waals surface area contributed by atoms with Crippen molar-refractivity contribution < 1.29 is 13.2 Å². The van der Waals surface area contributed by atoms with Gasteiger partial charge in [-0.25, -0.2) is 9.97 Å². The Bertz CT molecular complexity index is 553. The van der Waals surface area contributed by atoms with Gasteiger partial charge in [-0.15, -0.1) is 0 Å². The van der Waals surface area contributed by atoms with Crippen molar-refractivity contribution in [1.29, 1.82) is 0 Å². The Hall–Kier alpha value is -1.92. The highest BCUT2D eigenvalue weighted by molar-refractivity contribution is 5.87. The van der Waals surface area contributed by atoms with E-state index < -0.39 is 12.1 Å². The topological polar surface area (TPSA) is 64.7 Å². The predicted molar refractivity (Wildman–Crippen MR) is 56.2 cm³/mol. The van der Waals surface area contributed by atoms with Gasteiger partial charge >= 0.3 is 6.18 Å². The molecule has 0 bridgehead atoms. The molecule has 2 rings (SSSR count). The molecular formula is C10H9F3N4. The third-order valence-corrected chi connectivity index (χ3v) is 2.42. The van der Waals surface area contributed by atoms with Gasteiger partial charge in [0.2, 0.25) is 0 Å². The van der Waals surface area contributed by atoms with Crippen LogP contribution in [0.4, 0.5) is 19.0 Å². The maximum atomic E-state index is 12.5. The summed E-state index contributed by atoms with van der Waals surface area (Å²) < 4.78 is 37.6. The van der Waals surface area contributed by atoms with Gasteiger partial charge < -0.3 is 5.73 Å². The van der Waals surface area contributed by atoms with Crippen LogP contribution in [0.2, 0.25) is 0 Å². The number of pyridine rings is 1. The molecule has 0 saturated carbocycles. The molecule has 0 radical (unpaired) electrons. The molecule has 2 aromatic heterocycles. The molecule has 4 nitrogen and oxygen atoms in total. The van der Waals surface area contributed by atoms with Crippen LogP contribution >= 0.6 is 0 Å². The molecule has 17 heavy (non-hydrogen) atoms. The number of anilines is 1. The van der Waals surface area contributed by atoms with Crippen molar-refractivity contribution in [3.05, 3.63) is 24.3 Å². The highest BCUT2D eigenvalue weighted by Gasteiger charge is 2.39. The van der Waals surface area contributed by atoms with Crippen molar-refractivity contribution in [3.8, 4) is 0 Å². The largest absolute Gasteiger partial charge is 0.398 e. The molecule has 0 spiro atoms. The highest BCUT2D eigenvalue weighted by atomic mass is 19.4. The first-order valence-electron chi connectivity index (χ1n) is 4.83. The molecule has 0 aromatic carbocycles. The zero-order valence-electron chi connectivity index (χ0n) is 8.86. The van der Waals surface area contributed by atoms with E-state index in [1.54, 1.807) is 6.07 Å². The second kappa shape index (κ2) is 3.83. The lowest BCUT2D eigenvalue weighted by molar-refractivity contribution is -0.147. The molecular weight excluding hydrogens is 233 g/mol. The lowest BCUT2D eigenvalue weighted by Crippen LogP contribution is -2.20. The van der Waals surface area contributed by atoms with Gasteiger partial charge in [-0.3, -0.25) is 4.98 Å². The van der Waals surface area contributed by atoms with Crippen LogP contribution in [-0.4, -0.2) is 21.1 Å². The molecule has 0 fully saturated rings. The van der Waals surface area contributed by atoms with Crippen molar-refractivity contribution in [2.45, 2.75) is 19.0 Å². The number of fused-ring (bicyclic) bond motifs is 1. The fraction of sp³-hybridized carbons (Fsp3) is 0.300. The summed E-state index contributed by atoms with van der Waals surface area (Å²) in [4.78, 5) is 11.3. The number of rotatable bonds is 1. The third kappa shape index (κ3) is 2.13. The van der Waals surface area contributed by atoms with Gasteiger partial charge in [0, 0.05) is 11.6 Å². The predicted octanol–water partition coefficient (Wildman–Crippen LogP) is 2.27. The maximum Gasteiger partial charge on any atom is 0.398 e. The molecule has 2 N–H and O–H groups in total. The Morgan fingerprint density at radius 2 is 2.00 bits per heavy atom. The fourth-order valence-electron chi connectivity index (χ4n) is 1.36. The van der Waals surface area contributed by atoms with Gasteiger partial charge in [-0.05, 0) is 13.0 Å². The Morgan fingerprint density at radius 3 is 2.65 bits per heavy atom. The standard InChI is InChI=1S/C10H9F3N4/c1-5(10(11,12)13)9-16-7-4-15-3-2-6(7)8(14)17-9/h2-5H,1H3,(H2,14,16,17). The van der Waals surface area contributed by atoms with E-state index in [0.717, 1.165) is 6.92 Å². The van der Waals surface area contributed by atoms with Crippen LogP contribution in [0, 0.1) is 0 Å². The summed E-state index contributed by atoms with van der Waals surface area (Å²) in [6, 6.07) is 1.56. The fourth-order valence-corrected chi connectivity index (χ4v) is 1.36. The summed E-state index contributed by atoms with van der Waals surface area (Å²) in [6.45, 7) is 0.997. The molecule has 90 valence electrons. The molecule has 0 amide bonds. The van der Waals surface area contributed by atoms with E-state index in [2.05, 4.69) is 15.0 Å². The van der Waals surface area contributed by atoms with Crippen molar-refractivity contribution >= 4 is 16.7 Å². The van der Waals surface area contributed by atoms with Gasteiger partial charge in [0.05, 0.1) is 11.7 Å². The van der Waals surface area contributed by atoms with Crippen molar-refractivity contribution in [2.24, 2.45) is 0 Å². The molecule has 1 unspecified atom stereocenters. The van der Waals surface area contributed by atoms with Crippen LogP contribution in [0.1, 0.15) is 18.7 Å². The molecule has 0 aliphatic rings. The molecule has 2 aromatic rings. The van der Waals surface area contributed by atoms with Crippen molar-refractivity contribution in [1.82, 2.24) is 15.0 Å². The second-order valence-corrected chi connectivity index (χ2v) is 3.62. The lowest BCUT2D eigenvalue weighted by atomic mass is 10.1. The smallest absolute Gasteiger partial charge is 0.383 e. The summed E-state index contributed by atoms with van der Waals surface area (Å²) in [5.41, 5.74) is 5.90. The number of aromatic nitrogens is 3. The Kier molecular flexibility index (Phi) is 2.60. The molecule has 0 saturated heterocycles. The summed E-state index contributed by atoms with van der Waals surface area (Å²) >= 11 is 0. The number of alkyl halides is 3. The van der Waals surface area contributed by atoms with Gasteiger partial charge in [-0.1, -0.05) is 0 Å². The number of halogens is 3. The number of nitrogens with zero attached hydrogens (tertiary/aromatic N) is 3. The van der Waals surface area contributed by atoms with Crippen LogP contribution < -0.4 is 5.73 Å². The normalized spacial score (nSPS) is 13.9. The number of hydrogen-bond acceptors (Lipinski definition) is 4. The van der Waals surface area contributed by atoms with E-state index in [4.69, 9.17) is 5.73 Å². The summed E-state index contributed by atoms with van der Waals surface area (Å²) in [6.07, 6.45) is -1.54. The highest BCUT2D eigenvalue weighted by Crippen LogP contribution is 2.33. The monoisotopic (exact) mass is 242 g/mol. The molecule has 0 aliphatic carbocycles. The van der Waals surface area contributed by atoms with Gasteiger partial charge in [-0.2, -0.15) is 13.2 Å². The third-order valence-electron chi connectivity index (χ3n) is 2.42. The van der Waals surface area contributed by atoms with E-state index in [-0.39, 0.29) is 11.6 Å².